The maximum Gasteiger partial charge on any atom is 0.251 e. The first-order valence-corrected chi connectivity index (χ1v) is 6.13. The Hall–Kier alpha value is -1.22. The molecule has 0 fully saturated rings. The molecule has 4 heteroatoms. The molecule has 0 bridgehead atoms. The van der Waals surface area contributed by atoms with E-state index in [1.165, 1.54) is 0 Å². The van der Waals surface area contributed by atoms with E-state index in [-0.39, 0.29) is 11.9 Å². The second kappa shape index (κ2) is 6.50. The monoisotopic (exact) mass is 255 g/mol. The molecular formula is C13H18ClNO2. The van der Waals surface area contributed by atoms with Gasteiger partial charge in [-0.25, -0.2) is 0 Å². The van der Waals surface area contributed by atoms with Gasteiger partial charge in [-0.1, -0.05) is 6.07 Å². The summed E-state index contributed by atoms with van der Waals surface area (Å²) in [5.41, 5.74) is 1.62. The van der Waals surface area contributed by atoms with Gasteiger partial charge in [0, 0.05) is 17.5 Å². The van der Waals surface area contributed by atoms with E-state index in [0.29, 0.717) is 11.4 Å². The summed E-state index contributed by atoms with van der Waals surface area (Å²) < 4.78 is 5.19. The van der Waals surface area contributed by atoms with Crippen molar-refractivity contribution in [2.24, 2.45) is 0 Å². The van der Waals surface area contributed by atoms with Crippen LogP contribution in [-0.4, -0.2) is 24.9 Å². The molecule has 0 aromatic heterocycles. The van der Waals surface area contributed by atoms with Gasteiger partial charge in [-0.05, 0) is 38.0 Å². The Morgan fingerprint density at radius 2 is 2.24 bits per heavy atom. The van der Waals surface area contributed by atoms with E-state index in [9.17, 15) is 4.79 Å². The molecule has 0 saturated carbocycles. The summed E-state index contributed by atoms with van der Waals surface area (Å²) in [4.78, 5) is 11.9. The standard InChI is InChI=1S/C13H18ClNO2/c1-9-4-5-11(8-12(9)17-3)13(16)15-10(2)6-7-14/h4-5,8,10H,6-7H2,1-3H3,(H,15,16). The minimum Gasteiger partial charge on any atom is -0.496 e. The van der Waals surface area contributed by atoms with Crippen LogP contribution in [0.3, 0.4) is 0 Å². The third kappa shape index (κ3) is 3.93. The Morgan fingerprint density at radius 1 is 1.53 bits per heavy atom. The van der Waals surface area contributed by atoms with Gasteiger partial charge in [0.2, 0.25) is 0 Å². The summed E-state index contributed by atoms with van der Waals surface area (Å²) in [6.07, 6.45) is 0.760. The zero-order valence-corrected chi connectivity index (χ0v) is 11.2. The van der Waals surface area contributed by atoms with Crippen molar-refractivity contribution in [2.45, 2.75) is 26.3 Å². The molecular weight excluding hydrogens is 238 g/mol. The summed E-state index contributed by atoms with van der Waals surface area (Å²) in [6.45, 7) is 3.88. The lowest BCUT2D eigenvalue weighted by atomic mass is 10.1. The summed E-state index contributed by atoms with van der Waals surface area (Å²) >= 11 is 5.62. The highest BCUT2D eigenvalue weighted by Crippen LogP contribution is 2.18. The van der Waals surface area contributed by atoms with E-state index in [0.717, 1.165) is 17.7 Å². The van der Waals surface area contributed by atoms with E-state index >= 15 is 0 Å². The minimum absolute atomic E-state index is 0.0762. The number of rotatable bonds is 5. The zero-order valence-electron chi connectivity index (χ0n) is 10.4. The molecule has 1 atom stereocenters. The van der Waals surface area contributed by atoms with Crippen LogP contribution >= 0.6 is 11.6 Å². The molecule has 1 aromatic carbocycles. The molecule has 1 amide bonds. The quantitative estimate of drug-likeness (QED) is 0.822. The maximum absolute atomic E-state index is 11.9. The smallest absolute Gasteiger partial charge is 0.251 e. The van der Waals surface area contributed by atoms with Gasteiger partial charge < -0.3 is 10.1 Å². The SMILES string of the molecule is COc1cc(C(=O)NC(C)CCCl)ccc1C. The van der Waals surface area contributed by atoms with Crippen molar-refractivity contribution in [1.29, 1.82) is 0 Å². The number of nitrogens with one attached hydrogen (secondary N) is 1. The Labute approximate surface area is 107 Å². The Kier molecular flexibility index (Phi) is 5.29. The van der Waals surface area contributed by atoms with Crippen LogP contribution in [0.25, 0.3) is 0 Å². The number of aryl methyl sites for hydroxylation is 1. The van der Waals surface area contributed by atoms with Crippen molar-refractivity contribution in [3.8, 4) is 5.75 Å². The lowest BCUT2D eigenvalue weighted by molar-refractivity contribution is 0.0939. The largest absolute Gasteiger partial charge is 0.496 e. The molecule has 0 aliphatic carbocycles. The lowest BCUT2D eigenvalue weighted by Crippen LogP contribution is -2.32. The summed E-state index contributed by atoms with van der Waals surface area (Å²) in [6, 6.07) is 5.49. The zero-order chi connectivity index (χ0) is 12.8. The van der Waals surface area contributed by atoms with Gasteiger partial charge in [0.25, 0.3) is 5.91 Å². The van der Waals surface area contributed by atoms with Crippen LogP contribution in [-0.2, 0) is 0 Å². The Balaban J connectivity index is 2.75. The number of halogens is 1. The fourth-order valence-corrected chi connectivity index (χ4v) is 1.83. The number of carbonyl (C=O) groups is 1. The normalized spacial score (nSPS) is 12.0. The number of methoxy groups -OCH3 is 1. The molecule has 0 aliphatic rings. The van der Waals surface area contributed by atoms with Crippen molar-refractivity contribution >= 4 is 17.5 Å². The van der Waals surface area contributed by atoms with Gasteiger partial charge in [-0.15, -0.1) is 11.6 Å². The first-order chi connectivity index (χ1) is 8.08. The first-order valence-electron chi connectivity index (χ1n) is 5.60. The van der Waals surface area contributed by atoms with E-state index in [1.54, 1.807) is 19.2 Å². The number of hydrogen-bond donors (Lipinski definition) is 1. The molecule has 1 rings (SSSR count). The summed E-state index contributed by atoms with van der Waals surface area (Å²) in [5.74, 6) is 1.17. The molecule has 0 heterocycles. The summed E-state index contributed by atoms with van der Waals surface area (Å²) in [7, 11) is 1.60. The van der Waals surface area contributed by atoms with Crippen LogP contribution in [0, 0.1) is 6.92 Å². The van der Waals surface area contributed by atoms with Gasteiger partial charge in [0.05, 0.1) is 7.11 Å². The van der Waals surface area contributed by atoms with Gasteiger partial charge in [0.1, 0.15) is 5.75 Å². The van der Waals surface area contributed by atoms with Crippen LogP contribution < -0.4 is 10.1 Å². The lowest BCUT2D eigenvalue weighted by Gasteiger charge is -2.13. The molecule has 1 aromatic rings. The maximum atomic E-state index is 11.9. The molecule has 17 heavy (non-hydrogen) atoms. The van der Waals surface area contributed by atoms with E-state index in [4.69, 9.17) is 16.3 Å². The van der Waals surface area contributed by atoms with E-state index in [1.807, 2.05) is 19.9 Å². The fourth-order valence-electron chi connectivity index (χ4n) is 1.50. The number of hydrogen-bond acceptors (Lipinski definition) is 2. The average Bonchev–Trinajstić information content (AvgIpc) is 2.29. The van der Waals surface area contributed by atoms with Crippen molar-refractivity contribution in [3.05, 3.63) is 29.3 Å². The molecule has 94 valence electrons. The topological polar surface area (TPSA) is 38.3 Å². The fraction of sp³-hybridized carbons (Fsp3) is 0.462. The number of amides is 1. The van der Waals surface area contributed by atoms with Gasteiger partial charge in [-0.3, -0.25) is 4.79 Å². The van der Waals surface area contributed by atoms with Crippen LogP contribution in [0.1, 0.15) is 29.3 Å². The molecule has 3 nitrogen and oxygen atoms in total. The highest BCUT2D eigenvalue weighted by Gasteiger charge is 2.11. The van der Waals surface area contributed by atoms with E-state index < -0.39 is 0 Å². The summed E-state index contributed by atoms with van der Waals surface area (Å²) in [5, 5.41) is 2.89. The van der Waals surface area contributed by atoms with Crippen LogP contribution in [0.2, 0.25) is 0 Å². The second-order valence-corrected chi connectivity index (χ2v) is 4.41. The molecule has 0 aliphatic heterocycles. The molecule has 0 radical (unpaired) electrons. The molecule has 0 spiro atoms. The highest BCUT2D eigenvalue weighted by molar-refractivity contribution is 6.17. The van der Waals surface area contributed by atoms with Gasteiger partial charge in [-0.2, -0.15) is 0 Å². The third-order valence-corrected chi connectivity index (χ3v) is 2.81. The number of alkyl halides is 1. The van der Waals surface area contributed by atoms with Crippen LogP contribution in [0.4, 0.5) is 0 Å². The van der Waals surface area contributed by atoms with Crippen molar-refractivity contribution in [3.63, 3.8) is 0 Å². The Morgan fingerprint density at radius 3 is 2.82 bits per heavy atom. The molecule has 0 saturated heterocycles. The molecule has 1 N–H and O–H groups in total. The van der Waals surface area contributed by atoms with Gasteiger partial charge >= 0.3 is 0 Å². The Bertz CT molecular complexity index is 393. The van der Waals surface area contributed by atoms with Crippen LogP contribution in [0.15, 0.2) is 18.2 Å². The van der Waals surface area contributed by atoms with Crippen molar-refractivity contribution in [2.75, 3.05) is 13.0 Å². The third-order valence-electron chi connectivity index (χ3n) is 2.59. The molecule has 1 unspecified atom stereocenters. The number of carbonyl (C=O) groups excluding carboxylic acids is 1. The second-order valence-electron chi connectivity index (χ2n) is 4.04. The predicted octanol–water partition coefficient (Wildman–Crippen LogP) is 2.75. The number of benzene rings is 1. The van der Waals surface area contributed by atoms with Crippen molar-refractivity contribution < 1.29 is 9.53 Å². The minimum atomic E-state index is -0.0964. The van der Waals surface area contributed by atoms with Crippen molar-refractivity contribution in [1.82, 2.24) is 5.32 Å². The predicted molar refractivity (Wildman–Crippen MR) is 70.0 cm³/mol. The van der Waals surface area contributed by atoms with E-state index in [2.05, 4.69) is 5.32 Å². The average molecular weight is 256 g/mol. The van der Waals surface area contributed by atoms with Crippen LogP contribution in [0.5, 0.6) is 5.75 Å². The number of ether oxygens (including phenoxy) is 1. The first kappa shape index (κ1) is 13.8. The highest BCUT2D eigenvalue weighted by atomic mass is 35.5. The van der Waals surface area contributed by atoms with Gasteiger partial charge in [0.15, 0.2) is 0 Å².